The van der Waals surface area contributed by atoms with Crippen LogP contribution in [0.4, 0.5) is 0 Å². The molecule has 3 fully saturated rings. The smallest absolute Gasteiger partial charge is 0.0901 e. The number of hydrogen-bond donors (Lipinski definition) is 0. The Hall–Kier alpha value is -0.460. The largest absolute Gasteiger partial charge is 0.502 e. The van der Waals surface area contributed by atoms with E-state index in [0.717, 1.165) is 36.2 Å². The molecule has 0 aliphatic heterocycles. The van der Waals surface area contributed by atoms with Crippen LogP contribution in [0.1, 0.15) is 32.1 Å². The van der Waals surface area contributed by atoms with Gasteiger partial charge in [-0.1, -0.05) is 6.58 Å². The molecule has 2 bridgehead atoms. The summed E-state index contributed by atoms with van der Waals surface area (Å²) in [5, 5.41) is 0. The molecule has 0 amide bonds. The molecule has 14 heavy (non-hydrogen) atoms. The van der Waals surface area contributed by atoms with Crippen LogP contribution in [0.2, 0.25) is 0 Å². The Balaban J connectivity index is 1.62. The Labute approximate surface area is 86.5 Å². The van der Waals surface area contributed by atoms with Crippen LogP contribution in [0.25, 0.3) is 0 Å². The van der Waals surface area contributed by atoms with Crippen LogP contribution in [-0.2, 0) is 4.74 Å². The van der Waals surface area contributed by atoms with Crippen LogP contribution < -0.4 is 0 Å². The predicted molar refractivity (Wildman–Crippen MR) is 56.7 cm³/mol. The zero-order valence-corrected chi connectivity index (χ0v) is 8.82. The van der Waals surface area contributed by atoms with Crippen LogP contribution in [0.3, 0.4) is 0 Å². The van der Waals surface area contributed by atoms with E-state index in [9.17, 15) is 0 Å². The summed E-state index contributed by atoms with van der Waals surface area (Å²) in [5.41, 5.74) is 0. The minimum atomic E-state index is 0.839. The summed E-state index contributed by atoms with van der Waals surface area (Å²) < 4.78 is 5.34. The summed E-state index contributed by atoms with van der Waals surface area (Å²) >= 11 is 0. The molecular formula is C13H20O. The second-order valence-electron chi connectivity index (χ2n) is 5.50. The van der Waals surface area contributed by atoms with Crippen molar-refractivity contribution in [2.24, 2.45) is 29.6 Å². The molecule has 1 heteroatoms. The van der Waals surface area contributed by atoms with Gasteiger partial charge in [0.15, 0.2) is 0 Å². The average Bonchev–Trinajstić information content (AvgIpc) is 2.85. The summed E-state index contributed by atoms with van der Waals surface area (Å²) in [5.74, 6) is 5.18. The minimum absolute atomic E-state index is 0.839. The normalized spacial score (nSPS) is 49.3. The maximum absolute atomic E-state index is 5.34. The first-order valence-electron chi connectivity index (χ1n) is 6.11. The van der Waals surface area contributed by atoms with E-state index in [2.05, 4.69) is 6.58 Å². The van der Waals surface area contributed by atoms with E-state index >= 15 is 0 Å². The number of rotatable bonds is 3. The molecule has 0 spiro atoms. The van der Waals surface area contributed by atoms with Crippen molar-refractivity contribution in [3.05, 3.63) is 12.8 Å². The van der Waals surface area contributed by atoms with Crippen LogP contribution in [0.15, 0.2) is 12.8 Å². The highest BCUT2D eigenvalue weighted by Gasteiger charge is 2.51. The summed E-state index contributed by atoms with van der Waals surface area (Å²) in [7, 11) is 0. The van der Waals surface area contributed by atoms with E-state index in [0.29, 0.717) is 0 Å². The van der Waals surface area contributed by atoms with Crippen molar-refractivity contribution in [3.63, 3.8) is 0 Å². The third kappa shape index (κ3) is 1.21. The van der Waals surface area contributed by atoms with Crippen molar-refractivity contribution < 1.29 is 4.74 Å². The highest BCUT2D eigenvalue weighted by molar-refractivity contribution is 5.01. The van der Waals surface area contributed by atoms with Gasteiger partial charge in [0.05, 0.1) is 12.9 Å². The Morgan fingerprint density at radius 1 is 1.07 bits per heavy atom. The molecule has 0 saturated heterocycles. The molecule has 0 heterocycles. The van der Waals surface area contributed by atoms with Gasteiger partial charge in [-0.15, -0.1) is 0 Å². The molecule has 0 aromatic carbocycles. The highest BCUT2D eigenvalue weighted by atomic mass is 16.5. The predicted octanol–water partition coefficient (Wildman–Crippen LogP) is 3.22. The van der Waals surface area contributed by atoms with E-state index in [1.807, 2.05) is 0 Å². The van der Waals surface area contributed by atoms with Gasteiger partial charge in [0, 0.05) is 0 Å². The molecule has 0 radical (unpaired) electrons. The molecule has 78 valence electrons. The summed E-state index contributed by atoms with van der Waals surface area (Å²) in [6.07, 6.45) is 9.11. The molecule has 4 atom stereocenters. The van der Waals surface area contributed by atoms with E-state index in [1.165, 1.54) is 25.7 Å². The van der Waals surface area contributed by atoms with E-state index in [4.69, 9.17) is 4.74 Å². The molecule has 3 saturated carbocycles. The summed E-state index contributed by atoms with van der Waals surface area (Å²) in [6.45, 7) is 4.54. The summed E-state index contributed by atoms with van der Waals surface area (Å²) in [6, 6.07) is 0. The lowest BCUT2D eigenvalue weighted by molar-refractivity contribution is 0.189. The van der Waals surface area contributed by atoms with Gasteiger partial charge in [-0.25, -0.2) is 0 Å². The highest BCUT2D eigenvalue weighted by Crippen LogP contribution is 2.59. The fourth-order valence-electron chi connectivity index (χ4n) is 4.47. The van der Waals surface area contributed by atoms with Gasteiger partial charge in [-0.3, -0.25) is 0 Å². The molecule has 4 unspecified atom stereocenters. The zero-order valence-electron chi connectivity index (χ0n) is 8.82. The molecule has 0 N–H and O–H groups in total. The van der Waals surface area contributed by atoms with Gasteiger partial charge in [-0.05, 0) is 61.7 Å². The fraction of sp³-hybridized carbons (Fsp3) is 0.846. The molecule has 0 aromatic rings. The molecule has 1 nitrogen and oxygen atoms in total. The second-order valence-corrected chi connectivity index (χ2v) is 5.50. The van der Waals surface area contributed by atoms with Crippen molar-refractivity contribution in [1.29, 1.82) is 0 Å². The number of ether oxygens (including phenoxy) is 1. The van der Waals surface area contributed by atoms with E-state index in [-0.39, 0.29) is 0 Å². The molecule has 3 aliphatic carbocycles. The lowest BCUT2D eigenvalue weighted by atomic mass is 9.82. The Morgan fingerprint density at radius 2 is 1.71 bits per heavy atom. The maximum atomic E-state index is 5.34. The van der Waals surface area contributed by atoms with Crippen molar-refractivity contribution in [1.82, 2.24) is 0 Å². The molecule has 0 aromatic heterocycles. The van der Waals surface area contributed by atoms with Crippen LogP contribution in [0, 0.1) is 29.6 Å². The van der Waals surface area contributed by atoms with Crippen LogP contribution >= 0.6 is 0 Å². The minimum Gasteiger partial charge on any atom is -0.502 e. The lowest BCUT2D eigenvalue weighted by Crippen LogP contribution is -2.15. The quantitative estimate of drug-likeness (QED) is 0.624. The van der Waals surface area contributed by atoms with Crippen molar-refractivity contribution in [2.75, 3.05) is 6.61 Å². The number of hydrogen-bond acceptors (Lipinski definition) is 1. The SMILES string of the molecule is C=COCC1CC2C3CCC(C3)C2C1. The van der Waals surface area contributed by atoms with E-state index in [1.54, 1.807) is 12.7 Å². The zero-order chi connectivity index (χ0) is 9.54. The molecule has 3 aliphatic rings. The third-order valence-corrected chi connectivity index (χ3v) is 4.94. The van der Waals surface area contributed by atoms with Gasteiger partial charge in [0.2, 0.25) is 0 Å². The van der Waals surface area contributed by atoms with Gasteiger partial charge < -0.3 is 4.74 Å². The lowest BCUT2D eigenvalue weighted by Gasteiger charge is -2.23. The second kappa shape index (κ2) is 3.29. The standard InChI is InChI=1S/C13H20O/c1-2-14-8-9-5-12-10-3-4-11(7-10)13(12)6-9/h2,9-13H,1,3-8H2. The topological polar surface area (TPSA) is 9.23 Å². The van der Waals surface area contributed by atoms with Crippen LogP contribution in [-0.4, -0.2) is 6.61 Å². The first-order chi connectivity index (χ1) is 6.88. The Kier molecular flexibility index (Phi) is 2.07. The molecule has 3 rings (SSSR count). The number of fused-ring (bicyclic) bond motifs is 5. The van der Waals surface area contributed by atoms with Crippen molar-refractivity contribution >= 4 is 0 Å². The molecular weight excluding hydrogens is 172 g/mol. The van der Waals surface area contributed by atoms with Gasteiger partial charge in [-0.2, -0.15) is 0 Å². The van der Waals surface area contributed by atoms with Gasteiger partial charge >= 0.3 is 0 Å². The van der Waals surface area contributed by atoms with Gasteiger partial charge in [0.1, 0.15) is 0 Å². The monoisotopic (exact) mass is 192 g/mol. The van der Waals surface area contributed by atoms with E-state index < -0.39 is 0 Å². The Morgan fingerprint density at radius 3 is 2.29 bits per heavy atom. The fourth-order valence-corrected chi connectivity index (χ4v) is 4.47. The third-order valence-electron chi connectivity index (χ3n) is 4.94. The van der Waals surface area contributed by atoms with Crippen molar-refractivity contribution in [3.8, 4) is 0 Å². The first kappa shape index (κ1) is 8.82. The van der Waals surface area contributed by atoms with Gasteiger partial charge in [0.25, 0.3) is 0 Å². The first-order valence-corrected chi connectivity index (χ1v) is 6.11. The Bertz CT molecular complexity index is 217. The maximum Gasteiger partial charge on any atom is 0.0901 e. The van der Waals surface area contributed by atoms with Crippen molar-refractivity contribution in [2.45, 2.75) is 32.1 Å². The summed E-state index contributed by atoms with van der Waals surface area (Å²) in [4.78, 5) is 0. The van der Waals surface area contributed by atoms with Crippen LogP contribution in [0.5, 0.6) is 0 Å². The average molecular weight is 192 g/mol.